The Labute approximate surface area is 251 Å². The standard InChI is InChI=1S/C31H38N10O2/c1-21-20-22(2-11-27(21)28(32)42)29(43)41(25-7-3-23(4-8-25)37-12-16-39(17-13-37)30(33)34)26-9-5-24(6-10-26)38-14-18-40(19-15-38)31(35)36/h2-11,20H,12-19H2,1H3,(H2,32,42)(H3,33,34)(H3,35,36). The lowest BCUT2D eigenvalue weighted by atomic mass is 10.0. The van der Waals surface area contributed by atoms with Gasteiger partial charge in [-0.15, -0.1) is 0 Å². The van der Waals surface area contributed by atoms with E-state index >= 15 is 0 Å². The van der Waals surface area contributed by atoms with E-state index in [1.54, 1.807) is 30.0 Å². The molecule has 5 rings (SSSR count). The van der Waals surface area contributed by atoms with E-state index in [-0.39, 0.29) is 17.8 Å². The second-order valence-corrected chi connectivity index (χ2v) is 10.8. The van der Waals surface area contributed by atoms with Crippen molar-refractivity contribution < 1.29 is 9.59 Å². The summed E-state index contributed by atoms with van der Waals surface area (Å²) in [7, 11) is 0. The van der Waals surface area contributed by atoms with Crippen LogP contribution in [0, 0.1) is 17.7 Å². The van der Waals surface area contributed by atoms with Crippen LogP contribution in [0.2, 0.25) is 0 Å². The number of amides is 2. The van der Waals surface area contributed by atoms with Crippen molar-refractivity contribution in [1.82, 2.24) is 9.80 Å². The van der Waals surface area contributed by atoms with Crippen LogP contribution < -0.4 is 31.9 Å². The van der Waals surface area contributed by atoms with Crippen LogP contribution in [0.25, 0.3) is 0 Å². The smallest absolute Gasteiger partial charge is 0.262 e. The number of nitrogens with two attached hydrogens (primary N) is 3. The maximum atomic E-state index is 14.1. The molecule has 224 valence electrons. The van der Waals surface area contributed by atoms with E-state index in [0.29, 0.717) is 54.2 Å². The molecule has 3 aromatic rings. The van der Waals surface area contributed by atoms with E-state index in [1.807, 2.05) is 58.3 Å². The highest BCUT2D eigenvalue weighted by Crippen LogP contribution is 2.32. The predicted molar refractivity (Wildman–Crippen MR) is 170 cm³/mol. The number of primary amides is 1. The first-order chi connectivity index (χ1) is 20.6. The molecule has 2 aliphatic rings. The van der Waals surface area contributed by atoms with Gasteiger partial charge in [0.15, 0.2) is 11.9 Å². The molecular weight excluding hydrogens is 544 g/mol. The molecule has 2 heterocycles. The number of aryl methyl sites for hydroxylation is 1. The average Bonchev–Trinajstić information content (AvgIpc) is 3.01. The van der Waals surface area contributed by atoms with Gasteiger partial charge in [0.1, 0.15) is 0 Å². The van der Waals surface area contributed by atoms with Gasteiger partial charge in [-0.2, -0.15) is 0 Å². The highest BCUT2D eigenvalue weighted by atomic mass is 16.2. The molecule has 3 aromatic carbocycles. The van der Waals surface area contributed by atoms with Gasteiger partial charge in [0, 0.05) is 86.2 Å². The maximum absolute atomic E-state index is 14.1. The first-order valence-electron chi connectivity index (χ1n) is 14.3. The number of guanidine groups is 2. The second kappa shape index (κ2) is 12.3. The van der Waals surface area contributed by atoms with E-state index in [9.17, 15) is 9.59 Å². The van der Waals surface area contributed by atoms with Crippen LogP contribution in [-0.2, 0) is 0 Å². The van der Waals surface area contributed by atoms with Gasteiger partial charge in [0.2, 0.25) is 5.91 Å². The Morgan fingerprint density at radius 3 is 1.42 bits per heavy atom. The number of hydrogen-bond acceptors (Lipinski definition) is 6. The van der Waals surface area contributed by atoms with Gasteiger partial charge in [0.25, 0.3) is 5.91 Å². The molecule has 0 atom stereocenters. The third kappa shape index (κ3) is 6.32. The Hall–Kier alpha value is -5.26. The van der Waals surface area contributed by atoms with Crippen molar-refractivity contribution in [2.45, 2.75) is 6.92 Å². The van der Waals surface area contributed by atoms with Crippen molar-refractivity contribution in [1.29, 1.82) is 10.8 Å². The fourth-order valence-corrected chi connectivity index (χ4v) is 5.62. The molecule has 0 radical (unpaired) electrons. The summed E-state index contributed by atoms with van der Waals surface area (Å²) >= 11 is 0. The largest absolute Gasteiger partial charge is 0.370 e. The van der Waals surface area contributed by atoms with Crippen LogP contribution in [0.4, 0.5) is 22.7 Å². The average molecular weight is 583 g/mol. The first kappa shape index (κ1) is 29.2. The Bertz CT molecular complexity index is 1430. The van der Waals surface area contributed by atoms with Crippen LogP contribution in [0.3, 0.4) is 0 Å². The number of hydrogen-bond donors (Lipinski definition) is 5. The first-order valence-corrected chi connectivity index (χ1v) is 14.3. The molecule has 2 amide bonds. The maximum Gasteiger partial charge on any atom is 0.262 e. The van der Waals surface area contributed by atoms with Crippen molar-refractivity contribution in [3.63, 3.8) is 0 Å². The number of piperazine rings is 2. The monoisotopic (exact) mass is 582 g/mol. The molecule has 0 aliphatic carbocycles. The second-order valence-electron chi connectivity index (χ2n) is 10.8. The molecule has 12 heteroatoms. The Balaban J connectivity index is 1.42. The van der Waals surface area contributed by atoms with Crippen LogP contribution in [0.5, 0.6) is 0 Å². The molecule has 0 aromatic heterocycles. The van der Waals surface area contributed by atoms with Gasteiger partial charge in [0.05, 0.1) is 0 Å². The van der Waals surface area contributed by atoms with Crippen molar-refractivity contribution in [2.75, 3.05) is 67.1 Å². The van der Waals surface area contributed by atoms with Gasteiger partial charge in [-0.1, -0.05) is 0 Å². The number of anilines is 4. The summed E-state index contributed by atoms with van der Waals surface area (Å²) in [5.41, 5.74) is 21.7. The zero-order valence-corrected chi connectivity index (χ0v) is 24.3. The van der Waals surface area contributed by atoms with Gasteiger partial charge < -0.3 is 36.8 Å². The summed E-state index contributed by atoms with van der Waals surface area (Å²) < 4.78 is 0. The van der Waals surface area contributed by atoms with Gasteiger partial charge in [-0.25, -0.2) is 0 Å². The van der Waals surface area contributed by atoms with E-state index in [4.69, 9.17) is 28.0 Å². The highest BCUT2D eigenvalue weighted by molar-refractivity contribution is 6.11. The Kier molecular flexibility index (Phi) is 8.37. The third-order valence-corrected chi connectivity index (χ3v) is 8.13. The van der Waals surface area contributed by atoms with E-state index in [1.165, 1.54) is 0 Å². The molecule has 0 unspecified atom stereocenters. The molecule has 2 fully saturated rings. The Morgan fingerprint density at radius 2 is 1.07 bits per heavy atom. The molecule has 2 saturated heterocycles. The summed E-state index contributed by atoms with van der Waals surface area (Å²) in [4.78, 5) is 35.7. The van der Waals surface area contributed by atoms with Crippen molar-refractivity contribution in [3.05, 3.63) is 83.4 Å². The summed E-state index contributed by atoms with van der Waals surface area (Å²) in [5, 5.41) is 15.4. The lowest BCUT2D eigenvalue weighted by Gasteiger charge is -2.36. The molecule has 0 bridgehead atoms. The number of nitrogens with one attached hydrogen (secondary N) is 2. The third-order valence-electron chi connectivity index (χ3n) is 8.13. The van der Waals surface area contributed by atoms with Crippen LogP contribution in [-0.4, -0.2) is 85.9 Å². The van der Waals surface area contributed by atoms with Gasteiger partial charge >= 0.3 is 0 Å². The molecule has 12 nitrogen and oxygen atoms in total. The molecular formula is C31H38N10O2. The topological polar surface area (TPSA) is 176 Å². The molecule has 2 aliphatic heterocycles. The zero-order valence-electron chi connectivity index (χ0n) is 24.3. The summed E-state index contributed by atoms with van der Waals surface area (Å²) in [6, 6.07) is 20.7. The van der Waals surface area contributed by atoms with E-state index in [0.717, 1.165) is 37.6 Å². The van der Waals surface area contributed by atoms with Crippen LogP contribution >= 0.6 is 0 Å². The summed E-state index contributed by atoms with van der Waals surface area (Å²) in [6.07, 6.45) is 0. The summed E-state index contributed by atoms with van der Waals surface area (Å²) in [5.74, 6) is -0.585. The lowest BCUT2D eigenvalue weighted by Crippen LogP contribution is -2.50. The van der Waals surface area contributed by atoms with E-state index in [2.05, 4.69) is 9.80 Å². The molecule has 8 N–H and O–H groups in total. The highest BCUT2D eigenvalue weighted by Gasteiger charge is 2.24. The normalized spacial score (nSPS) is 15.3. The zero-order chi connectivity index (χ0) is 30.7. The SMILES string of the molecule is Cc1cc(C(=O)N(c2ccc(N3CCN(C(=N)N)CC3)cc2)c2ccc(N3CCN(C(=N)N)CC3)cc2)ccc1C(N)=O. The minimum absolute atomic E-state index is 0.0904. The van der Waals surface area contributed by atoms with Crippen LogP contribution in [0.15, 0.2) is 66.7 Å². The van der Waals surface area contributed by atoms with Crippen molar-refractivity contribution in [2.24, 2.45) is 17.2 Å². The number of rotatable bonds is 6. The number of carbonyl (C=O) groups is 2. The van der Waals surface area contributed by atoms with Gasteiger partial charge in [-0.3, -0.25) is 25.3 Å². The van der Waals surface area contributed by atoms with Crippen molar-refractivity contribution >= 4 is 46.5 Å². The predicted octanol–water partition coefficient (Wildman–Crippen LogP) is 2.10. The number of carbonyl (C=O) groups excluding carboxylic acids is 2. The molecule has 0 spiro atoms. The Morgan fingerprint density at radius 1 is 0.651 bits per heavy atom. The summed E-state index contributed by atoms with van der Waals surface area (Å²) in [6.45, 7) is 7.46. The van der Waals surface area contributed by atoms with Crippen molar-refractivity contribution in [3.8, 4) is 0 Å². The minimum atomic E-state index is -0.534. The lowest BCUT2D eigenvalue weighted by molar-refractivity contribution is 0.0987. The fourth-order valence-electron chi connectivity index (χ4n) is 5.62. The quantitative estimate of drug-likeness (QED) is 0.217. The molecule has 43 heavy (non-hydrogen) atoms. The van der Waals surface area contributed by atoms with Gasteiger partial charge in [-0.05, 0) is 79.2 Å². The molecule has 0 saturated carbocycles. The number of benzene rings is 3. The number of nitrogens with zero attached hydrogens (tertiary/aromatic N) is 5. The van der Waals surface area contributed by atoms with Crippen LogP contribution in [0.1, 0.15) is 26.3 Å². The fraction of sp³-hybridized carbons (Fsp3) is 0.290. The minimum Gasteiger partial charge on any atom is -0.370 e. The van der Waals surface area contributed by atoms with E-state index < -0.39 is 5.91 Å².